The molecule has 0 bridgehead atoms. The number of rotatable bonds is 1. The summed E-state index contributed by atoms with van der Waals surface area (Å²) in [7, 11) is 1.17. The largest absolute Gasteiger partial charge is 0.467 e. The molecular weight excluding hydrogens is 206 g/mol. The Morgan fingerprint density at radius 2 is 2.27 bits per heavy atom. The second-order valence-corrected chi connectivity index (χ2v) is 2.92. The molecule has 0 unspecified atom stereocenters. The number of esters is 1. The normalized spacial score (nSPS) is 22.1. The van der Waals surface area contributed by atoms with Gasteiger partial charge in [0.2, 0.25) is 5.91 Å². The van der Waals surface area contributed by atoms with Crippen molar-refractivity contribution in [1.29, 1.82) is 0 Å². The summed E-state index contributed by atoms with van der Waals surface area (Å²) in [5.41, 5.74) is 0. The highest BCUT2D eigenvalue weighted by Gasteiger charge is 2.32. The fraction of sp³-hybridized carbons (Fsp3) is 0.625. The Morgan fingerprint density at radius 1 is 1.60 bits per heavy atom. The molecule has 0 aromatic heterocycles. The second kappa shape index (κ2) is 4.74. The second-order valence-electron chi connectivity index (χ2n) is 2.92. The van der Waals surface area contributed by atoms with Crippen LogP contribution in [0.2, 0.25) is 0 Å². The lowest BCUT2D eigenvalue weighted by atomic mass is 10.3. The van der Waals surface area contributed by atoms with Crippen molar-refractivity contribution in [3.05, 3.63) is 0 Å². The van der Waals surface area contributed by atoms with Crippen LogP contribution in [0.3, 0.4) is 0 Å². The molecular formula is C8H11NO6. The highest BCUT2D eigenvalue weighted by atomic mass is 16.6. The molecule has 84 valence electrons. The van der Waals surface area contributed by atoms with E-state index < -0.39 is 24.1 Å². The standard InChI is InChI=1S/C8H11NO6/c1-14-7(11)5-4-9(8(12)13)6(10)2-3-15-5/h5H,2-4H2,1H3,(H,12,13)/t5-/m0/s1. The minimum absolute atomic E-state index is 0.0162. The third kappa shape index (κ3) is 2.66. The number of carbonyl (C=O) groups excluding carboxylic acids is 2. The molecule has 0 saturated carbocycles. The lowest BCUT2D eigenvalue weighted by Crippen LogP contribution is -2.42. The average Bonchev–Trinajstić information content (AvgIpc) is 2.39. The molecule has 1 atom stereocenters. The van der Waals surface area contributed by atoms with Gasteiger partial charge in [-0.15, -0.1) is 0 Å². The minimum Gasteiger partial charge on any atom is -0.467 e. The molecule has 0 aliphatic carbocycles. The van der Waals surface area contributed by atoms with Gasteiger partial charge in [-0.3, -0.25) is 4.79 Å². The van der Waals surface area contributed by atoms with E-state index in [0.717, 1.165) is 0 Å². The van der Waals surface area contributed by atoms with E-state index in [2.05, 4.69) is 4.74 Å². The van der Waals surface area contributed by atoms with Gasteiger partial charge in [-0.05, 0) is 0 Å². The number of ether oxygens (including phenoxy) is 2. The predicted octanol–water partition coefficient (Wildman–Crippen LogP) is -0.545. The first-order valence-electron chi connectivity index (χ1n) is 4.29. The molecule has 1 heterocycles. The Morgan fingerprint density at radius 3 is 2.80 bits per heavy atom. The van der Waals surface area contributed by atoms with Crippen LogP contribution in [-0.2, 0) is 19.1 Å². The van der Waals surface area contributed by atoms with Gasteiger partial charge in [-0.25, -0.2) is 14.5 Å². The number of amides is 2. The van der Waals surface area contributed by atoms with Crippen molar-refractivity contribution in [2.24, 2.45) is 0 Å². The number of carboxylic acid groups (broad SMARTS) is 1. The molecule has 1 saturated heterocycles. The summed E-state index contributed by atoms with van der Waals surface area (Å²) in [5, 5.41) is 8.70. The van der Waals surface area contributed by atoms with Gasteiger partial charge in [-0.1, -0.05) is 0 Å². The average molecular weight is 217 g/mol. The number of hydrogen-bond donors (Lipinski definition) is 1. The fourth-order valence-corrected chi connectivity index (χ4v) is 1.20. The van der Waals surface area contributed by atoms with Crippen LogP contribution in [0.5, 0.6) is 0 Å². The predicted molar refractivity (Wildman–Crippen MR) is 46.1 cm³/mol. The highest BCUT2D eigenvalue weighted by molar-refractivity contribution is 5.92. The third-order valence-electron chi connectivity index (χ3n) is 1.98. The van der Waals surface area contributed by atoms with Crippen molar-refractivity contribution in [2.75, 3.05) is 20.3 Å². The van der Waals surface area contributed by atoms with Crippen LogP contribution >= 0.6 is 0 Å². The maximum atomic E-state index is 11.2. The van der Waals surface area contributed by atoms with Gasteiger partial charge in [0.05, 0.1) is 26.7 Å². The first kappa shape index (κ1) is 11.4. The lowest BCUT2D eigenvalue weighted by Gasteiger charge is -2.17. The summed E-state index contributed by atoms with van der Waals surface area (Å²) >= 11 is 0. The van der Waals surface area contributed by atoms with Crippen LogP contribution in [0.1, 0.15) is 6.42 Å². The zero-order chi connectivity index (χ0) is 11.4. The van der Waals surface area contributed by atoms with Gasteiger partial charge in [-0.2, -0.15) is 0 Å². The first-order valence-corrected chi connectivity index (χ1v) is 4.29. The first-order chi connectivity index (χ1) is 7.06. The molecule has 1 aliphatic rings. The van der Waals surface area contributed by atoms with Crippen molar-refractivity contribution < 1.29 is 29.0 Å². The number of carbonyl (C=O) groups is 3. The van der Waals surface area contributed by atoms with Gasteiger partial charge < -0.3 is 14.6 Å². The van der Waals surface area contributed by atoms with E-state index in [9.17, 15) is 14.4 Å². The summed E-state index contributed by atoms with van der Waals surface area (Å²) in [6.45, 7) is -0.302. The molecule has 0 aromatic carbocycles. The molecule has 0 radical (unpaired) electrons. The van der Waals surface area contributed by atoms with Gasteiger partial charge in [0, 0.05) is 0 Å². The maximum absolute atomic E-state index is 11.2. The Bertz CT molecular complexity index is 289. The number of methoxy groups -OCH3 is 1. The molecule has 1 N–H and O–H groups in total. The van der Waals surface area contributed by atoms with E-state index in [4.69, 9.17) is 9.84 Å². The van der Waals surface area contributed by atoms with Crippen LogP contribution in [0.4, 0.5) is 4.79 Å². The van der Waals surface area contributed by atoms with Gasteiger partial charge >= 0.3 is 12.1 Å². The summed E-state index contributed by atoms with van der Waals surface area (Å²) in [5.74, 6) is -1.26. The minimum atomic E-state index is -1.39. The molecule has 1 fully saturated rings. The third-order valence-corrected chi connectivity index (χ3v) is 1.98. The van der Waals surface area contributed by atoms with Crippen LogP contribution in [-0.4, -0.2) is 54.3 Å². The lowest BCUT2D eigenvalue weighted by molar-refractivity contribution is -0.153. The Hall–Kier alpha value is -1.63. The van der Waals surface area contributed by atoms with Crippen molar-refractivity contribution in [1.82, 2.24) is 4.90 Å². The van der Waals surface area contributed by atoms with E-state index in [1.54, 1.807) is 0 Å². The van der Waals surface area contributed by atoms with E-state index in [0.29, 0.717) is 4.90 Å². The van der Waals surface area contributed by atoms with Crippen LogP contribution < -0.4 is 0 Å². The van der Waals surface area contributed by atoms with E-state index in [1.807, 2.05) is 0 Å². The Kier molecular flexibility index (Phi) is 3.62. The molecule has 0 aromatic rings. The Labute approximate surface area is 85.6 Å². The van der Waals surface area contributed by atoms with E-state index in [-0.39, 0.29) is 19.6 Å². The maximum Gasteiger partial charge on any atom is 0.414 e. The molecule has 1 rings (SSSR count). The summed E-state index contributed by atoms with van der Waals surface area (Å²) in [6.07, 6.45) is -2.48. The number of hydrogen-bond acceptors (Lipinski definition) is 5. The van der Waals surface area contributed by atoms with Crippen molar-refractivity contribution in [2.45, 2.75) is 12.5 Å². The zero-order valence-electron chi connectivity index (χ0n) is 8.13. The van der Waals surface area contributed by atoms with Crippen molar-refractivity contribution in [3.63, 3.8) is 0 Å². The van der Waals surface area contributed by atoms with Gasteiger partial charge in [0.15, 0.2) is 6.10 Å². The fourth-order valence-electron chi connectivity index (χ4n) is 1.20. The van der Waals surface area contributed by atoms with E-state index >= 15 is 0 Å². The SMILES string of the molecule is COC(=O)[C@@H]1CN(C(=O)O)C(=O)CCO1. The summed E-state index contributed by atoms with van der Waals surface area (Å²) < 4.78 is 9.42. The zero-order valence-corrected chi connectivity index (χ0v) is 8.13. The highest BCUT2D eigenvalue weighted by Crippen LogP contribution is 2.08. The van der Waals surface area contributed by atoms with Gasteiger partial charge in [0.1, 0.15) is 0 Å². The van der Waals surface area contributed by atoms with Gasteiger partial charge in [0.25, 0.3) is 0 Å². The monoisotopic (exact) mass is 217 g/mol. The summed E-state index contributed by atoms with van der Waals surface area (Å²) in [6, 6.07) is 0. The van der Waals surface area contributed by atoms with Crippen LogP contribution in [0.25, 0.3) is 0 Å². The van der Waals surface area contributed by atoms with Crippen LogP contribution in [0, 0.1) is 0 Å². The Balaban J connectivity index is 2.75. The van der Waals surface area contributed by atoms with Crippen LogP contribution in [0.15, 0.2) is 0 Å². The molecule has 2 amide bonds. The molecule has 0 spiro atoms. The topological polar surface area (TPSA) is 93.1 Å². The summed E-state index contributed by atoms with van der Waals surface area (Å²) in [4.78, 5) is 33.6. The molecule has 7 heteroatoms. The van der Waals surface area contributed by atoms with Crippen molar-refractivity contribution >= 4 is 18.0 Å². The quantitative estimate of drug-likeness (QED) is 0.592. The van der Waals surface area contributed by atoms with E-state index in [1.165, 1.54) is 7.11 Å². The molecule has 15 heavy (non-hydrogen) atoms. The smallest absolute Gasteiger partial charge is 0.414 e. The molecule has 1 aliphatic heterocycles. The number of nitrogens with zero attached hydrogens (tertiary/aromatic N) is 1. The molecule has 7 nitrogen and oxygen atoms in total. The number of imide groups is 1. The van der Waals surface area contributed by atoms with Crippen molar-refractivity contribution in [3.8, 4) is 0 Å².